The molecular formula is C17H32N4. The third-order valence-corrected chi connectivity index (χ3v) is 4.96. The maximum atomic E-state index is 4.50. The predicted molar refractivity (Wildman–Crippen MR) is 89.7 cm³/mol. The molecule has 2 atom stereocenters. The number of nitrogens with zero attached hydrogens (tertiary/aromatic N) is 3. The summed E-state index contributed by atoms with van der Waals surface area (Å²) in [7, 11) is 0. The van der Waals surface area contributed by atoms with Crippen molar-refractivity contribution in [2.24, 2.45) is 5.92 Å². The minimum atomic E-state index is 0.643. The Kier molecular flexibility index (Phi) is 6.55. The number of hydrogen-bond acceptors (Lipinski definition) is 3. The Morgan fingerprint density at radius 1 is 1.24 bits per heavy atom. The molecule has 1 aliphatic rings. The zero-order chi connectivity index (χ0) is 15.1. The number of nitrogens with one attached hydrogen (secondary N) is 1. The van der Waals surface area contributed by atoms with Crippen LogP contribution in [0.5, 0.6) is 0 Å². The monoisotopic (exact) mass is 292 g/mol. The van der Waals surface area contributed by atoms with E-state index in [1.54, 1.807) is 0 Å². The van der Waals surface area contributed by atoms with Crippen LogP contribution in [0, 0.1) is 5.92 Å². The lowest BCUT2D eigenvalue weighted by atomic mass is 9.83. The lowest BCUT2D eigenvalue weighted by molar-refractivity contribution is 0.285. The van der Waals surface area contributed by atoms with Gasteiger partial charge in [-0.05, 0) is 31.8 Å². The molecule has 2 unspecified atom stereocenters. The van der Waals surface area contributed by atoms with E-state index in [0.29, 0.717) is 6.04 Å². The third-order valence-electron chi connectivity index (χ3n) is 4.96. The van der Waals surface area contributed by atoms with Gasteiger partial charge in [-0.15, -0.1) is 0 Å². The van der Waals surface area contributed by atoms with Gasteiger partial charge >= 0.3 is 0 Å². The number of anilines is 1. The summed E-state index contributed by atoms with van der Waals surface area (Å²) < 4.78 is 2.07. The second-order valence-corrected chi connectivity index (χ2v) is 6.22. The highest BCUT2D eigenvalue weighted by Crippen LogP contribution is 2.29. The van der Waals surface area contributed by atoms with Gasteiger partial charge in [-0.2, -0.15) is 5.10 Å². The van der Waals surface area contributed by atoms with E-state index < -0.39 is 0 Å². The summed E-state index contributed by atoms with van der Waals surface area (Å²) >= 11 is 0. The molecule has 0 aliphatic heterocycles. The van der Waals surface area contributed by atoms with E-state index in [4.69, 9.17) is 0 Å². The minimum Gasteiger partial charge on any atom is -0.379 e. The fraction of sp³-hybridized carbons (Fsp3) is 0.824. The molecule has 0 bridgehead atoms. The van der Waals surface area contributed by atoms with E-state index in [-0.39, 0.29) is 0 Å². The molecule has 4 heteroatoms. The first-order valence-corrected chi connectivity index (χ1v) is 8.78. The van der Waals surface area contributed by atoms with Crippen molar-refractivity contribution in [2.75, 3.05) is 25.0 Å². The SMILES string of the molecule is CCC1CCCCC1Nc1cnn(CCN(CC)CC)c1. The summed E-state index contributed by atoms with van der Waals surface area (Å²) in [6, 6.07) is 0.643. The molecule has 21 heavy (non-hydrogen) atoms. The topological polar surface area (TPSA) is 33.1 Å². The third kappa shape index (κ3) is 4.73. The molecule has 1 aliphatic carbocycles. The van der Waals surface area contributed by atoms with Crippen LogP contribution in [0.2, 0.25) is 0 Å². The van der Waals surface area contributed by atoms with Gasteiger partial charge in [0, 0.05) is 18.8 Å². The normalized spacial score (nSPS) is 22.7. The first-order chi connectivity index (χ1) is 10.3. The molecule has 1 N–H and O–H groups in total. The Bertz CT molecular complexity index is 397. The smallest absolute Gasteiger partial charge is 0.0728 e. The Morgan fingerprint density at radius 2 is 2.00 bits per heavy atom. The van der Waals surface area contributed by atoms with Gasteiger partial charge in [-0.25, -0.2) is 0 Å². The van der Waals surface area contributed by atoms with Crippen LogP contribution < -0.4 is 5.32 Å². The fourth-order valence-electron chi connectivity index (χ4n) is 3.44. The van der Waals surface area contributed by atoms with Crippen LogP contribution in [-0.2, 0) is 6.54 Å². The first kappa shape index (κ1) is 16.3. The molecule has 0 saturated heterocycles. The summed E-state index contributed by atoms with van der Waals surface area (Å²) in [5.41, 5.74) is 1.19. The van der Waals surface area contributed by atoms with E-state index in [9.17, 15) is 0 Å². The highest BCUT2D eigenvalue weighted by molar-refractivity contribution is 5.39. The average Bonchev–Trinajstić information content (AvgIpc) is 2.96. The standard InChI is InChI=1S/C17H32N4/c1-4-15-9-7-8-10-17(15)19-16-13-18-21(14-16)12-11-20(5-2)6-3/h13-15,17,19H,4-12H2,1-3H3. The molecule has 2 rings (SSSR count). The van der Waals surface area contributed by atoms with E-state index in [2.05, 4.69) is 47.0 Å². The van der Waals surface area contributed by atoms with E-state index in [0.717, 1.165) is 32.1 Å². The molecule has 1 aromatic heterocycles. The zero-order valence-electron chi connectivity index (χ0n) is 14.0. The molecular weight excluding hydrogens is 260 g/mol. The number of aromatic nitrogens is 2. The second kappa shape index (κ2) is 8.42. The lowest BCUT2D eigenvalue weighted by Gasteiger charge is -2.31. The number of likely N-dealkylation sites (N-methyl/N-ethyl adjacent to an activating group) is 1. The largest absolute Gasteiger partial charge is 0.379 e. The number of hydrogen-bond donors (Lipinski definition) is 1. The average molecular weight is 292 g/mol. The molecule has 4 nitrogen and oxygen atoms in total. The summed E-state index contributed by atoms with van der Waals surface area (Å²) in [4.78, 5) is 2.43. The summed E-state index contributed by atoms with van der Waals surface area (Å²) in [5.74, 6) is 0.831. The molecule has 1 aromatic rings. The van der Waals surface area contributed by atoms with Gasteiger partial charge in [0.1, 0.15) is 0 Å². The van der Waals surface area contributed by atoms with Crippen LogP contribution in [-0.4, -0.2) is 40.4 Å². The highest BCUT2D eigenvalue weighted by atomic mass is 15.3. The fourth-order valence-corrected chi connectivity index (χ4v) is 3.44. The maximum absolute atomic E-state index is 4.50. The first-order valence-electron chi connectivity index (χ1n) is 8.78. The summed E-state index contributed by atoms with van der Waals surface area (Å²) in [6.45, 7) is 11.0. The van der Waals surface area contributed by atoms with Crippen LogP contribution in [0.1, 0.15) is 52.9 Å². The molecule has 0 aromatic carbocycles. The van der Waals surface area contributed by atoms with E-state index in [1.165, 1.54) is 37.8 Å². The van der Waals surface area contributed by atoms with Crippen molar-refractivity contribution < 1.29 is 0 Å². The van der Waals surface area contributed by atoms with Gasteiger partial charge in [0.05, 0.1) is 18.4 Å². The van der Waals surface area contributed by atoms with E-state index >= 15 is 0 Å². The van der Waals surface area contributed by atoms with Gasteiger partial charge in [0.2, 0.25) is 0 Å². The molecule has 1 fully saturated rings. The molecule has 1 saturated carbocycles. The predicted octanol–water partition coefficient (Wildman–Crippen LogP) is 3.61. The lowest BCUT2D eigenvalue weighted by Crippen LogP contribution is -2.31. The van der Waals surface area contributed by atoms with Crippen LogP contribution in [0.15, 0.2) is 12.4 Å². The van der Waals surface area contributed by atoms with E-state index in [1.807, 2.05) is 6.20 Å². The van der Waals surface area contributed by atoms with Gasteiger partial charge < -0.3 is 10.2 Å². The second-order valence-electron chi connectivity index (χ2n) is 6.22. The Balaban J connectivity index is 1.84. The Morgan fingerprint density at radius 3 is 2.71 bits per heavy atom. The summed E-state index contributed by atoms with van der Waals surface area (Å²) in [6.07, 6.45) is 10.9. The van der Waals surface area contributed by atoms with Gasteiger partial charge in [-0.1, -0.05) is 40.0 Å². The minimum absolute atomic E-state index is 0.643. The maximum Gasteiger partial charge on any atom is 0.0728 e. The Hall–Kier alpha value is -1.03. The summed E-state index contributed by atoms with van der Waals surface area (Å²) in [5, 5.41) is 8.22. The Labute approximate surface area is 129 Å². The van der Waals surface area contributed by atoms with Gasteiger partial charge in [-0.3, -0.25) is 4.68 Å². The van der Waals surface area contributed by atoms with Gasteiger partial charge in [0.15, 0.2) is 0 Å². The van der Waals surface area contributed by atoms with Crippen molar-refractivity contribution >= 4 is 5.69 Å². The van der Waals surface area contributed by atoms with Crippen LogP contribution in [0.3, 0.4) is 0 Å². The molecule has 1 heterocycles. The van der Waals surface area contributed by atoms with Gasteiger partial charge in [0.25, 0.3) is 0 Å². The van der Waals surface area contributed by atoms with Crippen molar-refractivity contribution in [3.63, 3.8) is 0 Å². The molecule has 120 valence electrons. The molecule has 0 amide bonds. The number of rotatable bonds is 8. The van der Waals surface area contributed by atoms with Crippen molar-refractivity contribution in [1.29, 1.82) is 0 Å². The van der Waals surface area contributed by atoms with Crippen molar-refractivity contribution in [1.82, 2.24) is 14.7 Å². The quantitative estimate of drug-likeness (QED) is 0.794. The molecule has 0 spiro atoms. The zero-order valence-corrected chi connectivity index (χ0v) is 14.0. The van der Waals surface area contributed by atoms with Crippen LogP contribution >= 0.6 is 0 Å². The van der Waals surface area contributed by atoms with Crippen LogP contribution in [0.25, 0.3) is 0 Å². The van der Waals surface area contributed by atoms with Crippen LogP contribution in [0.4, 0.5) is 5.69 Å². The van der Waals surface area contributed by atoms with Crippen molar-refractivity contribution in [3.05, 3.63) is 12.4 Å². The van der Waals surface area contributed by atoms with Crippen molar-refractivity contribution in [3.8, 4) is 0 Å². The molecule has 0 radical (unpaired) electrons. The highest BCUT2D eigenvalue weighted by Gasteiger charge is 2.23. The van der Waals surface area contributed by atoms with Crippen molar-refractivity contribution in [2.45, 2.75) is 65.5 Å².